The zero-order valence-electron chi connectivity index (χ0n) is 20.0. The van der Waals surface area contributed by atoms with Gasteiger partial charge in [0.2, 0.25) is 5.91 Å². The number of morpholine rings is 1. The molecule has 1 saturated carbocycles. The number of carbonyl (C=O) groups excluding carboxylic acids is 1. The highest BCUT2D eigenvalue weighted by atomic mass is 16.5. The average Bonchev–Trinajstić information content (AvgIpc) is 3.24. The zero-order chi connectivity index (χ0) is 22.8. The number of hydrogen-bond acceptors (Lipinski definition) is 4. The van der Waals surface area contributed by atoms with Crippen molar-refractivity contribution in [3.05, 3.63) is 58.7 Å². The van der Waals surface area contributed by atoms with Gasteiger partial charge in [-0.25, -0.2) is 0 Å². The Morgan fingerprint density at radius 3 is 2.61 bits per heavy atom. The van der Waals surface area contributed by atoms with Crippen LogP contribution in [0.4, 0.5) is 11.4 Å². The summed E-state index contributed by atoms with van der Waals surface area (Å²) in [5.41, 5.74) is 7.11. The SMILES string of the molecule is Cc1cccc2c1NC(C(=O)Nc1cccc(CN3CCOCC3)c1C)C2C1CCCCC1. The molecular formula is C28H37N3O2. The number of ether oxygens (including phenoxy) is 1. The third-order valence-electron chi connectivity index (χ3n) is 7.96. The largest absolute Gasteiger partial charge is 0.379 e. The van der Waals surface area contributed by atoms with Crippen LogP contribution in [-0.4, -0.2) is 43.2 Å². The topological polar surface area (TPSA) is 53.6 Å². The molecule has 1 amide bonds. The number of benzene rings is 2. The van der Waals surface area contributed by atoms with Crippen LogP contribution in [-0.2, 0) is 16.1 Å². The smallest absolute Gasteiger partial charge is 0.247 e. The van der Waals surface area contributed by atoms with E-state index < -0.39 is 0 Å². The van der Waals surface area contributed by atoms with Gasteiger partial charge in [-0.15, -0.1) is 0 Å². The van der Waals surface area contributed by atoms with Gasteiger partial charge in [0.05, 0.1) is 13.2 Å². The summed E-state index contributed by atoms with van der Waals surface area (Å²) in [5.74, 6) is 0.906. The Labute approximate surface area is 197 Å². The summed E-state index contributed by atoms with van der Waals surface area (Å²) >= 11 is 0. The lowest BCUT2D eigenvalue weighted by Crippen LogP contribution is -2.39. The first kappa shape index (κ1) is 22.4. The van der Waals surface area contributed by atoms with Crippen LogP contribution in [0.1, 0.15) is 60.3 Å². The number of para-hydroxylation sites is 1. The Hall–Kier alpha value is -2.37. The van der Waals surface area contributed by atoms with Crippen LogP contribution in [0.25, 0.3) is 0 Å². The maximum atomic E-state index is 13.7. The number of carbonyl (C=O) groups is 1. The highest BCUT2D eigenvalue weighted by Gasteiger charge is 2.42. The summed E-state index contributed by atoms with van der Waals surface area (Å²) in [7, 11) is 0. The molecule has 0 aromatic heterocycles. The predicted octanol–water partition coefficient (Wildman–Crippen LogP) is 5.23. The number of amides is 1. The van der Waals surface area contributed by atoms with Crippen LogP contribution >= 0.6 is 0 Å². The first-order valence-electron chi connectivity index (χ1n) is 12.7. The summed E-state index contributed by atoms with van der Waals surface area (Å²) in [6.45, 7) is 8.69. The van der Waals surface area contributed by atoms with Crippen LogP contribution in [0.5, 0.6) is 0 Å². The molecule has 2 aromatic carbocycles. The van der Waals surface area contributed by atoms with E-state index in [1.54, 1.807) is 0 Å². The van der Waals surface area contributed by atoms with Gasteiger partial charge in [0.15, 0.2) is 0 Å². The molecule has 1 saturated heterocycles. The van der Waals surface area contributed by atoms with E-state index in [0.717, 1.165) is 38.5 Å². The quantitative estimate of drug-likeness (QED) is 0.659. The van der Waals surface area contributed by atoms with Gasteiger partial charge in [-0.2, -0.15) is 0 Å². The Bertz CT molecular complexity index is 993. The van der Waals surface area contributed by atoms with Crippen molar-refractivity contribution in [3.63, 3.8) is 0 Å². The molecule has 2 N–H and O–H groups in total. The lowest BCUT2D eigenvalue weighted by molar-refractivity contribution is -0.117. The molecule has 5 nitrogen and oxygen atoms in total. The minimum Gasteiger partial charge on any atom is -0.379 e. The molecule has 2 fully saturated rings. The van der Waals surface area contributed by atoms with Crippen molar-refractivity contribution >= 4 is 17.3 Å². The van der Waals surface area contributed by atoms with Crippen molar-refractivity contribution in [3.8, 4) is 0 Å². The summed E-state index contributed by atoms with van der Waals surface area (Å²) in [6.07, 6.45) is 6.32. The second-order valence-electron chi connectivity index (χ2n) is 10.1. The number of nitrogens with zero attached hydrogens (tertiary/aromatic N) is 1. The lowest BCUT2D eigenvalue weighted by atomic mass is 9.74. The molecule has 33 heavy (non-hydrogen) atoms. The van der Waals surface area contributed by atoms with Crippen LogP contribution < -0.4 is 10.6 Å². The first-order chi connectivity index (χ1) is 16.1. The van der Waals surface area contributed by atoms with Crippen molar-refractivity contribution in [1.29, 1.82) is 0 Å². The molecular weight excluding hydrogens is 410 g/mol. The van der Waals surface area contributed by atoms with E-state index in [9.17, 15) is 4.79 Å². The fourth-order valence-corrected chi connectivity index (χ4v) is 6.04. The van der Waals surface area contributed by atoms with Crippen molar-refractivity contribution in [2.75, 3.05) is 36.9 Å². The van der Waals surface area contributed by atoms with E-state index in [1.165, 1.54) is 60.0 Å². The Balaban J connectivity index is 1.36. The van der Waals surface area contributed by atoms with E-state index in [0.29, 0.717) is 5.92 Å². The van der Waals surface area contributed by atoms with Crippen LogP contribution in [0.3, 0.4) is 0 Å². The Kier molecular flexibility index (Phi) is 6.70. The van der Waals surface area contributed by atoms with Crippen LogP contribution in [0, 0.1) is 19.8 Å². The minimum atomic E-state index is -0.216. The molecule has 2 atom stereocenters. The zero-order valence-corrected chi connectivity index (χ0v) is 20.0. The number of hydrogen-bond donors (Lipinski definition) is 2. The Morgan fingerprint density at radius 1 is 1.06 bits per heavy atom. The van der Waals surface area contributed by atoms with Gasteiger partial charge < -0.3 is 15.4 Å². The monoisotopic (exact) mass is 447 g/mol. The maximum absolute atomic E-state index is 13.7. The molecule has 0 radical (unpaired) electrons. The van der Waals surface area contributed by atoms with Gasteiger partial charge in [-0.1, -0.05) is 49.6 Å². The van der Waals surface area contributed by atoms with Crippen molar-refractivity contribution in [1.82, 2.24) is 4.90 Å². The Morgan fingerprint density at radius 2 is 1.82 bits per heavy atom. The summed E-state index contributed by atoms with van der Waals surface area (Å²) < 4.78 is 5.49. The molecule has 1 aliphatic carbocycles. The molecule has 0 bridgehead atoms. The van der Waals surface area contributed by atoms with Gasteiger partial charge in [-0.3, -0.25) is 9.69 Å². The molecule has 176 valence electrons. The minimum absolute atomic E-state index is 0.0906. The average molecular weight is 448 g/mol. The van der Waals surface area contributed by atoms with E-state index in [1.807, 2.05) is 6.07 Å². The fourth-order valence-electron chi connectivity index (χ4n) is 6.04. The number of aryl methyl sites for hydroxylation is 1. The van der Waals surface area contributed by atoms with Gasteiger partial charge in [0.1, 0.15) is 6.04 Å². The van der Waals surface area contributed by atoms with Crippen LogP contribution in [0.2, 0.25) is 0 Å². The molecule has 2 aromatic rings. The number of rotatable bonds is 5. The van der Waals surface area contributed by atoms with Gasteiger partial charge >= 0.3 is 0 Å². The van der Waals surface area contributed by atoms with E-state index in [2.05, 4.69) is 59.7 Å². The van der Waals surface area contributed by atoms with Gasteiger partial charge in [-0.05, 0) is 60.9 Å². The summed E-state index contributed by atoms with van der Waals surface area (Å²) in [5, 5.41) is 6.94. The molecule has 3 aliphatic rings. The van der Waals surface area contributed by atoms with Crippen molar-refractivity contribution in [2.45, 2.75) is 64.5 Å². The first-order valence-corrected chi connectivity index (χ1v) is 12.7. The van der Waals surface area contributed by atoms with E-state index in [-0.39, 0.29) is 17.9 Å². The van der Waals surface area contributed by atoms with E-state index in [4.69, 9.17) is 4.74 Å². The number of anilines is 2. The third-order valence-corrected chi connectivity index (χ3v) is 7.96. The fraction of sp³-hybridized carbons (Fsp3) is 0.536. The number of fused-ring (bicyclic) bond motifs is 1. The maximum Gasteiger partial charge on any atom is 0.247 e. The third kappa shape index (κ3) is 4.67. The van der Waals surface area contributed by atoms with Gasteiger partial charge in [0, 0.05) is 36.9 Å². The molecule has 0 spiro atoms. The summed E-state index contributed by atoms with van der Waals surface area (Å²) in [4.78, 5) is 16.1. The van der Waals surface area contributed by atoms with Crippen molar-refractivity contribution < 1.29 is 9.53 Å². The summed E-state index contributed by atoms with van der Waals surface area (Å²) in [6, 6.07) is 12.6. The standard InChI is InChI=1S/C28H37N3O2/c1-19-8-6-12-23-25(21-9-4-3-5-10-21)27(30-26(19)23)28(32)29-24-13-7-11-22(20(24)2)18-31-14-16-33-17-15-31/h6-8,11-13,21,25,27,30H,3-5,9-10,14-18H2,1-2H3,(H,29,32). The van der Waals surface area contributed by atoms with Gasteiger partial charge in [0.25, 0.3) is 0 Å². The highest BCUT2D eigenvalue weighted by Crippen LogP contribution is 2.47. The second kappa shape index (κ2) is 9.86. The van der Waals surface area contributed by atoms with Crippen molar-refractivity contribution in [2.24, 2.45) is 5.92 Å². The molecule has 2 aliphatic heterocycles. The lowest BCUT2D eigenvalue weighted by Gasteiger charge is -2.31. The molecule has 2 unspecified atom stereocenters. The predicted molar refractivity (Wildman–Crippen MR) is 134 cm³/mol. The molecule has 5 rings (SSSR count). The van der Waals surface area contributed by atoms with E-state index >= 15 is 0 Å². The molecule has 2 heterocycles. The highest BCUT2D eigenvalue weighted by molar-refractivity contribution is 5.99. The van der Waals surface area contributed by atoms with Crippen LogP contribution in [0.15, 0.2) is 36.4 Å². The normalized spacial score (nSPS) is 23.7. The number of nitrogens with one attached hydrogen (secondary N) is 2. The second-order valence-corrected chi connectivity index (χ2v) is 10.1. The molecule has 5 heteroatoms.